The maximum atomic E-state index is 12.5. The number of hydrogen-bond donors (Lipinski definition) is 1. The Morgan fingerprint density at radius 3 is 2.76 bits per heavy atom. The minimum Gasteiger partial charge on any atom is -0.308 e. The lowest BCUT2D eigenvalue weighted by Gasteiger charge is -2.23. The van der Waals surface area contributed by atoms with E-state index < -0.39 is 6.04 Å². The first-order valence-electron chi connectivity index (χ1n) is 6.61. The van der Waals surface area contributed by atoms with E-state index in [4.69, 9.17) is 0 Å². The summed E-state index contributed by atoms with van der Waals surface area (Å²) in [7, 11) is 1.69. The number of carbonyl (C=O) groups excluding carboxylic acids is 2. The van der Waals surface area contributed by atoms with Gasteiger partial charge in [-0.2, -0.15) is 0 Å². The fourth-order valence-corrected chi connectivity index (χ4v) is 2.60. The topological polar surface area (TPSA) is 80.1 Å². The summed E-state index contributed by atoms with van der Waals surface area (Å²) >= 11 is 0. The molecule has 1 aromatic carbocycles. The molecule has 0 spiro atoms. The van der Waals surface area contributed by atoms with E-state index in [9.17, 15) is 9.59 Å². The molecule has 0 radical (unpaired) electrons. The number of fused-ring (bicyclic) bond motifs is 1. The van der Waals surface area contributed by atoms with Crippen LogP contribution in [-0.4, -0.2) is 32.9 Å². The van der Waals surface area contributed by atoms with Crippen molar-refractivity contribution in [3.8, 4) is 0 Å². The Labute approximate surface area is 121 Å². The lowest BCUT2D eigenvalue weighted by Crippen LogP contribution is -2.44. The Balaban J connectivity index is 1.87. The van der Waals surface area contributed by atoms with Crippen molar-refractivity contribution in [1.82, 2.24) is 15.0 Å². The highest BCUT2D eigenvalue weighted by Crippen LogP contribution is 2.32. The van der Waals surface area contributed by atoms with Crippen molar-refractivity contribution < 1.29 is 9.59 Å². The molecule has 7 nitrogen and oxygen atoms in total. The molecule has 7 heteroatoms. The van der Waals surface area contributed by atoms with E-state index in [-0.39, 0.29) is 11.8 Å². The third kappa shape index (κ3) is 2.26. The van der Waals surface area contributed by atoms with Gasteiger partial charge in [0.25, 0.3) is 0 Å². The number of hydrogen-bond acceptors (Lipinski definition) is 4. The molecule has 0 unspecified atom stereocenters. The minimum absolute atomic E-state index is 0.150. The van der Waals surface area contributed by atoms with E-state index in [2.05, 4.69) is 15.6 Å². The van der Waals surface area contributed by atoms with E-state index in [0.717, 1.165) is 11.3 Å². The summed E-state index contributed by atoms with van der Waals surface area (Å²) in [6.07, 6.45) is 1.98. The first kappa shape index (κ1) is 13.3. The van der Waals surface area contributed by atoms with Crippen molar-refractivity contribution in [2.75, 3.05) is 10.2 Å². The number of aromatic nitrogens is 3. The molecule has 1 N–H and O–H groups in total. The van der Waals surface area contributed by atoms with Crippen molar-refractivity contribution >= 4 is 23.3 Å². The third-order valence-corrected chi connectivity index (χ3v) is 3.58. The van der Waals surface area contributed by atoms with Gasteiger partial charge in [0, 0.05) is 26.1 Å². The van der Waals surface area contributed by atoms with Crippen LogP contribution in [0.4, 0.5) is 11.5 Å². The second-order valence-corrected chi connectivity index (χ2v) is 4.97. The van der Waals surface area contributed by atoms with Crippen LogP contribution < -0.4 is 10.2 Å². The van der Waals surface area contributed by atoms with Crippen molar-refractivity contribution in [2.24, 2.45) is 7.05 Å². The van der Waals surface area contributed by atoms with Gasteiger partial charge in [0.15, 0.2) is 5.82 Å². The van der Waals surface area contributed by atoms with Crippen LogP contribution in [0, 0.1) is 0 Å². The van der Waals surface area contributed by atoms with E-state index in [1.165, 1.54) is 22.7 Å². The van der Waals surface area contributed by atoms with Crippen LogP contribution in [0.1, 0.15) is 12.5 Å². The monoisotopic (exact) mass is 285 g/mol. The van der Waals surface area contributed by atoms with Crippen molar-refractivity contribution in [3.05, 3.63) is 36.0 Å². The fraction of sp³-hybridized carbons (Fsp3) is 0.286. The van der Waals surface area contributed by atoms with E-state index in [1.54, 1.807) is 7.05 Å². The molecule has 1 aromatic heterocycles. The van der Waals surface area contributed by atoms with Crippen molar-refractivity contribution in [1.29, 1.82) is 0 Å². The lowest BCUT2D eigenvalue weighted by molar-refractivity contribution is -0.122. The van der Waals surface area contributed by atoms with Gasteiger partial charge in [-0.15, -0.1) is 5.10 Å². The molecule has 2 heterocycles. The van der Waals surface area contributed by atoms with Crippen LogP contribution in [0.15, 0.2) is 30.5 Å². The summed E-state index contributed by atoms with van der Waals surface area (Å²) < 4.78 is 1.47. The molecular weight excluding hydrogens is 270 g/mol. The number of anilines is 2. The van der Waals surface area contributed by atoms with Gasteiger partial charge in [-0.05, 0) is 11.6 Å². The molecule has 0 fully saturated rings. The molecule has 1 aliphatic heterocycles. The Morgan fingerprint density at radius 1 is 1.33 bits per heavy atom. The second-order valence-electron chi connectivity index (χ2n) is 4.97. The van der Waals surface area contributed by atoms with E-state index in [1.807, 2.05) is 24.3 Å². The Hall–Kier alpha value is -2.70. The molecule has 0 bridgehead atoms. The predicted molar refractivity (Wildman–Crippen MR) is 76.7 cm³/mol. The highest BCUT2D eigenvalue weighted by molar-refractivity contribution is 6.06. The van der Waals surface area contributed by atoms with Crippen LogP contribution in [0.25, 0.3) is 0 Å². The molecule has 108 valence electrons. The second kappa shape index (κ2) is 5.01. The van der Waals surface area contributed by atoms with Gasteiger partial charge < -0.3 is 5.32 Å². The average molecular weight is 285 g/mol. The molecule has 0 saturated heterocycles. The Morgan fingerprint density at radius 2 is 2.10 bits per heavy atom. The molecule has 21 heavy (non-hydrogen) atoms. The lowest BCUT2D eigenvalue weighted by atomic mass is 10.1. The zero-order valence-electron chi connectivity index (χ0n) is 11.8. The number of rotatable bonds is 2. The average Bonchev–Trinajstić information content (AvgIpc) is 3.02. The van der Waals surface area contributed by atoms with Gasteiger partial charge in [0.1, 0.15) is 6.04 Å². The number of nitrogens with zero attached hydrogens (tertiary/aromatic N) is 4. The summed E-state index contributed by atoms with van der Waals surface area (Å²) in [6, 6.07) is 7.01. The highest BCUT2D eigenvalue weighted by atomic mass is 16.2. The quantitative estimate of drug-likeness (QED) is 0.882. The Kier molecular flexibility index (Phi) is 3.17. The molecular formula is C14H15N5O2. The SMILES string of the molecule is CC(=O)N1c2ccccc2C[C@H]1C(=O)Nc1cnnn1C. The maximum Gasteiger partial charge on any atom is 0.249 e. The van der Waals surface area contributed by atoms with Crippen molar-refractivity contribution in [3.63, 3.8) is 0 Å². The predicted octanol–water partition coefficient (Wildman–Crippen LogP) is 0.731. The number of nitrogens with one attached hydrogen (secondary N) is 1. The van der Waals surface area contributed by atoms with Crippen molar-refractivity contribution in [2.45, 2.75) is 19.4 Å². The van der Waals surface area contributed by atoms with E-state index >= 15 is 0 Å². The molecule has 0 saturated carbocycles. The van der Waals surface area contributed by atoms with Gasteiger partial charge in [0.05, 0.1) is 6.20 Å². The summed E-state index contributed by atoms with van der Waals surface area (Å²) in [5.41, 5.74) is 1.80. The Bertz CT molecular complexity index is 709. The summed E-state index contributed by atoms with van der Waals surface area (Å²) in [6.45, 7) is 1.47. The van der Waals surface area contributed by atoms with Gasteiger partial charge in [-0.25, -0.2) is 4.68 Å². The maximum absolute atomic E-state index is 12.5. The normalized spacial score (nSPS) is 16.7. The standard InChI is InChI=1S/C14H15N5O2/c1-9(20)19-11-6-4-3-5-10(11)7-12(19)14(21)16-13-8-15-17-18(13)2/h3-6,8,12H,7H2,1-2H3,(H,16,21)/t12-/m0/s1. The van der Waals surface area contributed by atoms with Gasteiger partial charge in [-0.1, -0.05) is 23.4 Å². The highest BCUT2D eigenvalue weighted by Gasteiger charge is 2.36. The molecule has 1 aliphatic rings. The molecule has 1 atom stereocenters. The summed E-state index contributed by atoms with van der Waals surface area (Å²) in [4.78, 5) is 25.9. The van der Waals surface area contributed by atoms with E-state index in [0.29, 0.717) is 12.2 Å². The van der Waals surface area contributed by atoms with Crippen LogP contribution in [0.5, 0.6) is 0 Å². The number of para-hydroxylation sites is 1. The largest absolute Gasteiger partial charge is 0.308 e. The number of amides is 2. The number of aryl methyl sites for hydroxylation is 1. The van der Waals surface area contributed by atoms with Crippen LogP contribution in [0.2, 0.25) is 0 Å². The first-order chi connectivity index (χ1) is 10.1. The summed E-state index contributed by atoms with van der Waals surface area (Å²) in [5, 5.41) is 10.2. The van der Waals surface area contributed by atoms with Gasteiger partial charge >= 0.3 is 0 Å². The van der Waals surface area contributed by atoms with Crippen LogP contribution in [-0.2, 0) is 23.1 Å². The summed E-state index contributed by atoms with van der Waals surface area (Å²) in [5.74, 6) is 0.106. The fourth-order valence-electron chi connectivity index (χ4n) is 2.60. The molecule has 0 aliphatic carbocycles. The number of carbonyl (C=O) groups is 2. The molecule has 2 aromatic rings. The third-order valence-electron chi connectivity index (χ3n) is 3.58. The van der Waals surface area contributed by atoms with Crippen LogP contribution in [0.3, 0.4) is 0 Å². The molecule has 2 amide bonds. The number of benzene rings is 1. The molecule has 3 rings (SSSR count). The van der Waals surface area contributed by atoms with Gasteiger partial charge in [0.2, 0.25) is 11.8 Å². The minimum atomic E-state index is -0.546. The zero-order valence-corrected chi connectivity index (χ0v) is 11.8. The smallest absolute Gasteiger partial charge is 0.249 e. The first-order valence-corrected chi connectivity index (χ1v) is 6.61. The van der Waals surface area contributed by atoms with Crippen LogP contribution >= 0.6 is 0 Å². The zero-order chi connectivity index (χ0) is 15.0. The van der Waals surface area contributed by atoms with Gasteiger partial charge in [-0.3, -0.25) is 14.5 Å².